The Bertz CT molecular complexity index is 821. The Hall–Kier alpha value is -1.84. The first-order valence-corrected chi connectivity index (χ1v) is 9.49. The lowest BCUT2D eigenvalue weighted by molar-refractivity contribution is 0.102. The van der Waals surface area contributed by atoms with Gasteiger partial charge in [0.2, 0.25) is 5.13 Å². The van der Waals surface area contributed by atoms with E-state index in [0.29, 0.717) is 16.9 Å². The Morgan fingerprint density at radius 3 is 2.75 bits per heavy atom. The number of hydrogen-bond donors (Lipinski definition) is 1. The van der Waals surface area contributed by atoms with Gasteiger partial charge in [-0.15, -0.1) is 33.3 Å². The standard InChI is InChI=1S/C15H11F2N3OS3/c16-12(17)14-19-20-15(24-14)18-13(21)10-5-1-2-6-11(10)23-8-9-4-3-7-22-9/h1-7,12H,8H2,(H,18,20,21). The smallest absolute Gasteiger partial charge is 0.291 e. The first-order valence-electron chi connectivity index (χ1n) is 6.80. The van der Waals surface area contributed by atoms with E-state index in [0.717, 1.165) is 10.6 Å². The molecule has 0 aliphatic carbocycles. The number of rotatable bonds is 6. The maximum absolute atomic E-state index is 12.5. The molecule has 3 rings (SSSR count). The molecule has 0 radical (unpaired) electrons. The van der Waals surface area contributed by atoms with Crippen LogP contribution in [0.5, 0.6) is 0 Å². The van der Waals surface area contributed by atoms with E-state index >= 15 is 0 Å². The van der Waals surface area contributed by atoms with Gasteiger partial charge in [0.05, 0.1) is 5.56 Å². The van der Waals surface area contributed by atoms with E-state index in [4.69, 9.17) is 0 Å². The SMILES string of the molecule is O=C(Nc1nnc(C(F)F)s1)c1ccccc1SCc1cccs1. The van der Waals surface area contributed by atoms with Gasteiger partial charge in [-0.1, -0.05) is 29.5 Å². The quantitative estimate of drug-likeness (QED) is 0.603. The van der Waals surface area contributed by atoms with Gasteiger partial charge < -0.3 is 0 Å². The third-order valence-corrected chi connectivity index (χ3v) is 5.96. The van der Waals surface area contributed by atoms with Crippen molar-refractivity contribution >= 4 is 45.5 Å². The van der Waals surface area contributed by atoms with Crippen molar-refractivity contribution < 1.29 is 13.6 Å². The monoisotopic (exact) mass is 383 g/mol. The van der Waals surface area contributed by atoms with Crippen LogP contribution in [0.15, 0.2) is 46.7 Å². The zero-order valence-corrected chi connectivity index (χ0v) is 14.6. The molecule has 0 saturated heterocycles. The second-order valence-corrected chi connectivity index (χ2v) is 7.62. The first-order chi connectivity index (χ1) is 11.6. The highest BCUT2D eigenvalue weighted by atomic mass is 32.2. The van der Waals surface area contributed by atoms with E-state index in [1.807, 2.05) is 29.6 Å². The summed E-state index contributed by atoms with van der Waals surface area (Å²) in [7, 11) is 0. The number of aromatic nitrogens is 2. The minimum Gasteiger partial charge on any atom is -0.296 e. The molecule has 1 N–H and O–H groups in total. The fraction of sp³-hybridized carbons (Fsp3) is 0.133. The van der Waals surface area contributed by atoms with Crippen LogP contribution >= 0.6 is 34.4 Å². The summed E-state index contributed by atoms with van der Waals surface area (Å²) in [4.78, 5) is 14.4. The number of halogens is 2. The maximum Gasteiger partial charge on any atom is 0.291 e. The van der Waals surface area contributed by atoms with E-state index in [1.54, 1.807) is 35.2 Å². The molecule has 1 aromatic carbocycles. The molecule has 0 aliphatic heterocycles. The predicted octanol–water partition coefficient (Wildman–Crippen LogP) is 5.08. The number of thioether (sulfide) groups is 1. The molecule has 0 fully saturated rings. The van der Waals surface area contributed by atoms with Crippen molar-refractivity contribution in [1.82, 2.24) is 10.2 Å². The third kappa shape index (κ3) is 4.16. The Kier molecular flexibility index (Phi) is 5.54. The molecule has 9 heteroatoms. The van der Waals surface area contributed by atoms with Crippen LogP contribution in [-0.4, -0.2) is 16.1 Å². The number of hydrogen-bond acceptors (Lipinski definition) is 6. The van der Waals surface area contributed by atoms with Crippen molar-refractivity contribution in [3.63, 3.8) is 0 Å². The van der Waals surface area contributed by atoms with Gasteiger partial charge in [0.1, 0.15) is 0 Å². The molecule has 4 nitrogen and oxygen atoms in total. The van der Waals surface area contributed by atoms with Gasteiger partial charge in [0.15, 0.2) is 5.01 Å². The molecule has 0 saturated carbocycles. The molecule has 1 amide bonds. The Balaban J connectivity index is 1.71. The fourth-order valence-corrected chi connectivity index (χ4v) is 4.28. The molecule has 2 heterocycles. The first kappa shape index (κ1) is 17.0. The Labute approximate surface area is 148 Å². The normalized spacial score (nSPS) is 11.0. The molecule has 0 spiro atoms. The van der Waals surface area contributed by atoms with Crippen molar-refractivity contribution in [2.75, 3.05) is 5.32 Å². The Morgan fingerprint density at radius 1 is 1.21 bits per heavy atom. The van der Waals surface area contributed by atoms with Crippen molar-refractivity contribution in [2.24, 2.45) is 0 Å². The number of amides is 1. The highest BCUT2D eigenvalue weighted by molar-refractivity contribution is 7.98. The van der Waals surface area contributed by atoms with Crippen LogP contribution in [0.25, 0.3) is 0 Å². The Morgan fingerprint density at radius 2 is 2.04 bits per heavy atom. The van der Waals surface area contributed by atoms with Crippen LogP contribution in [0.2, 0.25) is 0 Å². The number of carbonyl (C=O) groups excluding carboxylic acids is 1. The van der Waals surface area contributed by atoms with Crippen LogP contribution in [0.3, 0.4) is 0 Å². The second-order valence-electron chi connectivity index (χ2n) is 4.56. The number of nitrogens with zero attached hydrogens (tertiary/aromatic N) is 2. The zero-order valence-electron chi connectivity index (χ0n) is 12.1. The van der Waals surface area contributed by atoms with E-state index < -0.39 is 11.4 Å². The van der Waals surface area contributed by atoms with Crippen LogP contribution in [0.4, 0.5) is 13.9 Å². The lowest BCUT2D eigenvalue weighted by Gasteiger charge is -2.07. The van der Waals surface area contributed by atoms with Crippen LogP contribution in [0.1, 0.15) is 26.7 Å². The number of benzene rings is 1. The molecule has 0 bridgehead atoms. The number of alkyl halides is 2. The molecular weight excluding hydrogens is 372 g/mol. The molecule has 3 aromatic rings. The molecule has 0 unspecified atom stereocenters. The van der Waals surface area contributed by atoms with E-state index in [2.05, 4.69) is 15.5 Å². The summed E-state index contributed by atoms with van der Waals surface area (Å²) in [5.74, 6) is 0.372. The van der Waals surface area contributed by atoms with Gasteiger partial charge in [-0.3, -0.25) is 10.1 Å². The van der Waals surface area contributed by atoms with Gasteiger partial charge in [0.25, 0.3) is 12.3 Å². The van der Waals surface area contributed by atoms with Crippen LogP contribution in [0, 0.1) is 0 Å². The number of thiophene rings is 1. The summed E-state index contributed by atoms with van der Waals surface area (Å²) in [5.41, 5.74) is 0.479. The number of anilines is 1. The zero-order chi connectivity index (χ0) is 16.9. The highest BCUT2D eigenvalue weighted by Crippen LogP contribution is 2.29. The van der Waals surface area contributed by atoms with Crippen molar-refractivity contribution in [2.45, 2.75) is 17.1 Å². The van der Waals surface area contributed by atoms with E-state index in [-0.39, 0.29) is 11.0 Å². The van der Waals surface area contributed by atoms with Gasteiger partial charge in [0, 0.05) is 15.5 Å². The molecule has 24 heavy (non-hydrogen) atoms. The summed E-state index contributed by atoms with van der Waals surface area (Å²) in [6.07, 6.45) is -2.69. The van der Waals surface area contributed by atoms with Gasteiger partial charge in [-0.25, -0.2) is 8.78 Å². The average Bonchev–Trinajstić information content (AvgIpc) is 3.25. The fourth-order valence-electron chi connectivity index (χ4n) is 1.86. The second kappa shape index (κ2) is 7.82. The number of carbonyl (C=O) groups is 1. The number of nitrogens with one attached hydrogen (secondary N) is 1. The summed E-state index contributed by atoms with van der Waals surface area (Å²) in [5, 5.41) is 11.1. The minimum atomic E-state index is -2.69. The van der Waals surface area contributed by atoms with Gasteiger partial charge in [-0.2, -0.15) is 0 Å². The maximum atomic E-state index is 12.5. The topological polar surface area (TPSA) is 54.9 Å². The van der Waals surface area contributed by atoms with Gasteiger partial charge in [-0.05, 0) is 23.6 Å². The van der Waals surface area contributed by atoms with E-state index in [1.165, 1.54) is 4.88 Å². The summed E-state index contributed by atoms with van der Waals surface area (Å²) < 4.78 is 25.1. The van der Waals surface area contributed by atoms with Crippen molar-refractivity contribution in [3.05, 3.63) is 57.2 Å². The minimum absolute atomic E-state index is 0.0633. The van der Waals surface area contributed by atoms with Crippen LogP contribution < -0.4 is 5.32 Å². The summed E-state index contributed by atoms with van der Waals surface area (Å²) in [6.45, 7) is 0. The lowest BCUT2D eigenvalue weighted by atomic mass is 10.2. The average molecular weight is 383 g/mol. The molecule has 124 valence electrons. The molecule has 0 atom stereocenters. The van der Waals surface area contributed by atoms with Crippen molar-refractivity contribution in [3.8, 4) is 0 Å². The molecule has 0 aliphatic rings. The molecule has 2 aromatic heterocycles. The lowest BCUT2D eigenvalue weighted by Crippen LogP contribution is -2.12. The largest absolute Gasteiger partial charge is 0.296 e. The summed E-state index contributed by atoms with van der Waals surface area (Å²) >= 11 is 3.88. The van der Waals surface area contributed by atoms with Gasteiger partial charge >= 0.3 is 0 Å². The van der Waals surface area contributed by atoms with Crippen LogP contribution in [-0.2, 0) is 5.75 Å². The third-order valence-electron chi connectivity index (χ3n) is 2.93. The molecular formula is C15H11F2N3OS3. The predicted molar refractivity (Wildman–Crippen MR) is 93.1 cm³/mol. The van der Waals surface area contributed by atoms with E-state index in [9.17, 15) is 13.6 Å². The summed E-state index contributed by atoms with van der Waals surface area (Å²) in [6, 6.07) is 11.2. The van der Waals surface area contributed by atoms with Crippen molar-refractivity contribution in [1.29, 1.82) is 0 Å². The highest BCUT2D eigenvalue weighted by Gasteiger charge is 2.17.